The Balaban J connectivity index is 1.91. The number of hydrogen-bond donors (Lipinski definition) is 1. The molecule has 2 aromatic carbocycles. The maximum atomic E-state index is 9.62. The second kappa shape index (κ2) is 9.30. The zero-order valence-corrected chi connectivity index (χ0v) is 13.7. The van der Waals surface area contributed by atoms with E-state index in [4.69, 9.17) is 14.2 Å². The van der Waals surface area contributed by atoms with Gasteiger partial charge in [-0.1, -0.05) is 36.4 Å². The second-order valence-corrected chi connectivity index (χ2v) is 5.28. The van der Waals surface area contributed by atoms with Crippen molar-refractivity contribution < 1.29 is 19.3 Å². The normalized spacial score (nSPS) is 12.1. The fourth-order valence-corrected chi connectivity index (χ4v) is 2.26. The molecule has 4 nitrogen and oxygen atoms in total. The lowest BCUT2D eigenvalue weighted by Crippen LogP contribution is -1.99. The molecule has 0 fully saturated rings. The largest absolute Gasteiger partial charge is 0.494 e. The monoisotopic (exact) mass is 316 g/mol. The molecule has 0 aliphatic carbocycles. The van der Waals surface area contributed by atoms with Gasteiger partial charge in [0.05, 0.1) is 6.61 Å². The van der Waals surface area contributed by atoms with E-state index in [0.29, 0.717) is 6.61 Å². The Kier molecular flexibility index (Phi) is 7.07. The molecule has 4 heteroatoms. The van der Waals surface area contributed by atoms with Crippen LogP contribution in [0.2, 0.25) is 0 Å². The number of ether oxygens (including phenoxy) is 3. The number of methoxy groups -OCH3 is 2. The first-order chi connectivity index (χ1) is 11.2. The minimum atomic E-state index is -0.877. The molecular weight excluding hydrogens is 292 g/mol. The highest BCUT2D eigenvalue weighted by molar-refractivity contribution is 5.64. The van der Waals surface area contributed by atoms with Gasteiger partial charge in [0.2, 0.25) is 0 Å². The van der Waals surface area contributed by atoms with E-state index in [1.54, 1.807) is 7.11 Å². The van der Waals surface area contributed by atoms with Crippen molar-refractivity contribution >= 4 is 0 Å². The summed E-state index contributed by atoms with van der Waals surface area (Å²) < 4.78 is 15.6. The smallest absolute Gasteiger partial charge is 0.180 e. The van der Waals surface area contributed by atoms with Gasteiger partial charge in [0.25, 0.3) is 0 Å². The van der Waals surface area contributed by atoms with E-state index < -0.39 is 6.29 Å². The minimum Gasteiger partial charge on any atom is -0.494 e. The van der Waals surface area contributed by atoms with Crippen molar-refractivity contribution in [3.63, 3.8) is 0 Å². The summed E-state index contributed by atoms with van der Waals surface area (Å²) in [6, 6.07) is 15.7. The highest BCUT2D eigenvalue weighted by atomic mass is 16.6. The Labute approximate surface area is 137 Å². The lowest BCUT2D eigenvalue weighted by Gasteiger charge is -2.10. The molecule has 124 valence electrons. The molecule has 0 spiro atoms. The van der Waals surface area contributed by atoms with Crippen LogP contribution in [0.25, 0.3) is 11.1 Å². The molecule has 2 aromatic rings. The molecule has 0 amide bonds. The van der Waals surface area contributed by atoms with Crippen LogP contribution in [0.5, 0.6) is 5.75 Å². The lowest BCUT2D eigenvalue weighted by atomic mass is 10.0. The first-order valence-corrected chi connectivity index (χ1v) is 7.77. The lowest BCUT2D eigenvalue weighted by molar-refractivity contribution is -0.0769. The summed E-state index contributed by atoms with van der Waals surface area (Å²) >= 11 is 0. The average molecular weight is 316 g/mol. The highest BCUT2D eigenvalue weighted by Gasteiger charge is 2.05. The molecule has 0 bridgehead atoms. The summed E-state index contributed by atoms with van der Waals surface area (Å²) in [5, 5.41) is 9.62. The Morgan fingerprint density at radius 3 is 1.96 bits per heavy atom. The molecule has 1 unspecified atom stereocenters. The third-order valence-electron chi connectivity index (χ3n) is 3.62. The third-order valence-corrected chi connectivity index (χ3v) is 3.62. The van der Waals surface area contributed by atoms with Gasteiger partial charge in [-0.3, -0.25) is 0 Å². The fraction of sp³-hybridized carbons (Fsp3) is 0.368. The molecule has 2 rings (SSSR count). The Morgan fingerprint density at radius 1 is 0.826 bits per heavy atom. The van der Waals surface area contributed by atoms with Crippen molar-refractivity contribution in [3.8, 4) is 16.9 Å². The van der Waals surface area contributed by atoms with Crippen LogP contribution >= 0.6 is 0 Å². The molecule has 0 aliphatic rings. The average Bonchev–Trinajstić information content (AvgIpc) is 2.61. The van der Waals surface area contributed by atoms with Gasteiger partial charge in [-0.2, -0.15) is 0 Å². The van der Waals surface area contributed by atoms with Gasteiger partial charge >= 0.3 is 0 Å². The predicted octanol–water partition coefficient (Wildman–Crippen LogP) is 3.80. The first-order valence-electron chi connectivity index (χ1n) is 7.77. The maximum Gasteiger partial charge on any atom is 0.180 e. The van der Waals surface area contributed by atoms with E-state index >= 15 is 0 Å². The van der Waals surface area contributed by atoms with E-state index in [-0.39, 0.29) is 0 Å². The van der Waals surface area contributed by atoms with E-state index in [9.17, 15) is 5.11 Å². The number of benzene rings is 2. The zero-order chi connectivity index (χ0) is 16.5. The molecule has 0 aliphatic heterocycles. The van der Waals surface area contributed by atoms with Crippen LogP contribution in [0.1, 0.15) is 24.7 Å². The minimum absolute atomic E-state index is 0.701. The molecule has 0 radical (unpaired) electrons. The van der Waals surface area contributed by atoms with Crippen LogP contribution in [0.15, 0.2) is 48.5 Å². The van der Waals surface area contributed by atoms with Gasteiger partial charge in [0.15, 0.2) is 6.29 Å². The van der Waals surface area contributed by atoms with Crippen molar-refractivity contribution in [2.24, 2.45) is 0 Å². The van der Waals surface area contributed by atoms with Gasteiger partial charge in [-0.15, -0.1) is 0 Å². The highest BCUT2D eigenvalue weighted by Crippen LogP contribution is 2.24. The van der Waals surface area contributed by atoms with E-state index in [1.807, 2.05) is 48.5 Å². The maximum absolute atomic E-state index is 9.62. The Bertz CT molecular complexity index is 563. The first kappa shape index (κ1) is 17.5. The quantitative estimate of drug-likeness (QED) is 0.565. The Morgan fingerprint density at radius 2 is 1.39 bits per heavy atom. The number of aliphatic hydroxyl groups excluding tert-OH is 1. The van der Waals surface area contributed by atoms with Gasteiger partial charge < -0.3 is 19.3 Å². The van der Waals surface area contributed by atoms with Crippen LogP contribution in [-0.4, -0.2) is 32.5 Å². The Hall–Kier alpha value is -1.88. The zero-order valence-electron chi connectivity index (χ0n) is 13.7. The van der Waals surface area contributed by atoms with Gasteiger partial charge in [0.1, 0.15) is 5.75 Å². The van der Waals surface area contributed by atoms with Crippen molar-refractivity contribution in [1.29, 1.82) is 0 Å². The summed E-state index contributed by atoms with van der Waals surface area (Å²) in [6.45, 7) is 1.47. The van der Waals surface area contributed by atoms with Crippen molar-refractivity contribution in [2.45, 2.75) is 19.1 Å². The summed E-state index contributed by atoms with van der Waals surface area (Å²) in [5.74, 6) is 0.873. The SMILES string of the molecule is COCCCCOc1ccc(-c2ccc(C(O)OC)cc2)cc1. The molecule has 1 atom stereocenters. The molecule has 1 N–H and O–H groups in total. The van der Waals surface area contributed by atoms with Crippen LogP contribution in [0.4, 0.5) is 0 Å². The van der Waals surface area contributed by atoms with Crippen molar-refractivity contribution in [1.82, 2.24) is 0 Å². The summed E-state index contributed by atoms with van der Waals surface area (Å²) in [4.78, 5) is 0. The predicted molar refractivity (Wildman–Crippen MR) is 90.5 cm³/mol. The van der Waals surface area contributed by atoms with E-state index in [0.717, 1.165) is 41.9 Å². The summed E-state index contributed by atoms with van der Waals surface area (Å²) in [6.07, 6.45) is 1.12. The molecule has 0 aromatic heterocycles. The number of unbranched alkanes of at least 4 members (excludes halogenated alkanes) is 1. The number of hydrogen-bond acceptors (Lipinski definition) is 4. The van der Waals surface area contributed by atoms with Crippen LogP contribution in [0, 0.1) is 0 Å². The van der Waals surface area contributed by atoms with Gasteiger partial charge in [0, 0.05) is 26.4 Å². The van der Waals surface area contributed by atoms with Gasteiger partial charge in [-0.05, 0) is 36.1 Å². The fourth-order valence-electron chi connectivity index (χ4n) is 2.26. The van der Waals surface area contributed by atoms with Crippen LogP contribution in [-0.2, 0) is 9.47 Å². The van der Waals surface area contributed by atoms with E-state index in [2.05, 4.69) is 0 Å². The molecule has 0 saturated heterocycles. The standard InChI is InChI=1S/C19H24O4/c1-21-13-3-4-14-23-18-11-9-16(10-12-18)15-5-7-17(8-6-15)19(20)22-2/h5-12,19-20H,3-4,13-14H2,1-2H3. The second-order valence-electron chi connectivity index (χ2n) is 5.28. The topological polar surface area (TPSA) is 47.9 Å². The van der Waals surface area contributed by atoms with Gasteiger partial charge in [-0.25, -0.2) is 0 Å². The molecular formula is C19H24O4. The van der Waals surface area contributed by atoms with Crippen molar-refractivity contribution in [2.75, 3.05) is 27.4 Å². The van der Waals surface area contributed by atoms with Crippen molar-refractivity contribution in [3.05, 3.63) is 54.1 Å². The van der Waals surface area contributed by atoms with Crippen LogP contribution in [0.3, 0.4) is 0 Å². The third kappa shape index (κ3) is 5.36. The summed E-state index contributed by atoms with van der Waals surface area (Å²) in [5.41, 5.74) is 2.94. The molecule has 23 heavy (non-hydrogen) atoms. The number of aliphatic hydroxyl groups is 1. The van der Waals surface area contributed by atoms with Crippen LogP contribution < -0.4 is 4.74 Å². The number of rotatable bonds is 9. The molecule has 0 saturated carbocycles. The molecule has 0 heterocycles. The summed E-state index contributed by atoms with van der Waals surface area (Å²) in [7, 11) is 3.19. The van der Waals surface area contributed by atoms with E-state index in [1.165, 1.54) is 7.11 Å².